The number of nitrogens with one attached hydrogen (secondary N) is 1. The van der Waals surface area contributed by atoms with Crippen molar-refractivity contribution < 1.29 is 26.7 Å². The average molecular weight is 548 g/mol. The van der Waals surface area contributed by atoms with Crippen molar-refractivity contribution >= 4 is 37.3 Å². The van der Waals surface area contributed by atoms with E-state index in [4.69, 9.17) is 0 Å². The molecule has 1 saturated heterocycles. The largest absolute Gasteiger partial charge is 0.507 e. The van der Waals surface area contributed by atoms with E-state index in [0.29, 0.717) is 31.0 Å². The molecule has 3 aliphatic rings. The summed E-state index contributed by atoms with van der Waals surface area (Å²) in [5.41, 5.74) is 2.01. The molecular weight excluding hydrogens is 514 g/mol. The summed E-state index contributed by atoms with van der Waals surface area (Å²) in [4.78, 5) is 15.3. The van der Waals surface area contributed by atoms with Crippen LogP contribution in [0.4, 0.5) is 11.4 Å². The minimum atomic E-state index is -3.94. The molecule has 0 bridgehead atoms. The second kappa shape index (κ2) is 9.59. The highest BCUT2D eigenvalue weighted by atomic mass is 32.2. The predicted molar refractivity (Wildman–Crippen MR) is 142 cm³/mol. The predicted octanol–water partition coefficient (Wildman–Crippen LogP) is 3.80. The zero-order chi connectivity index (χ0) is 26.4. The van der Waals surface area contributed by atoms with Gasteiger partial charge in [0.15, 0.2) is 0 Å². The van der Waals surface area contributed by atoms with Crippen molar-refractivity contribution in [3.05, 3.63) is 47.5 Å². The van der Waals surface area contributed by atoms with Crippen LogP contribution in [0.1, 0.15) is 67.3 Å². The third-order valence-corrected chi connectivity index (χ3v) is 10.4. The number of benzene rings is 2. The molecule has 1 amide bonds. The summed E-state index contributed by atoms with van der Waals surface area (Å²) in [6.45, 7) is 1.23. The number of aromatic hydroxyl groups is 1. The molecule has 2 aromatic rings. The lowest BCUT2D eigenvalue weighted by atomic mass is 9.70. The van der Waals surface area contributed by atoms with Crippen LogP contribution in [0.2, 0.25) is 0 Å². The maximum atomic E-state index is 13.8. The number of carbonyl (C=O) groups is 1. The molecule has 2 heterocycles. The molecule has 5 rings (SSSR count). The van der Waals surface area contributed by atoms with Crippen LogP contribution in [0.5, 0.6) is 5.75 Å². The quantitative estimate of drug-likeness (QED) is 0.587. The van der Waals surface area contributed by atoms with Crippen LogP contribution < -0.4 is 9.62 Å². The third kappa shape index (κ3) is 4.96. The molecule has 37 heavy (non-hydrogen) atoms. The van der Waals surface area contributed by atoms with Gasteiger partial charge in [-0.3, -0.25) is 9.52 Å². The molecule has 2 N–H and O–H groups in total. The highest BCUT2D eigenvalue weighted by Gasteiger charge is 2.45. The van der Waals surface area contributed by atoms with Crippen LogP contribution in [0.3, 0.4) is 0 Å². The first-order valence-electron chi connectivity index (χ1n) is 12.8. The van der Waals surface area contributed by atoms with E-state index in [1.807, 2.05) is 6.07 Å². The first kappa shape index (κ1) is 26.0. The van der Waals surface area contributed by atoms with E-state index in [-0.39, 0.29) is 27.5 Å². The Morgan fingerprint density at radius 2 is 1.59 bits per heavy atom. The SMILES string of the molecule is CS(=O)(=O)Nc1ccc2c(c1)C1(CCCCC1)CN2C(=O)c1ccc(O)c(S(=O)(=O)N2CCCCC2)c1. The van der Waals surface area contributed by atoms with Gasteiger partial charge in [-0.15, -0.1) is 0 Å². The average Bonchev–Trinajstić information content (AvgIpc) is 3.16. The molecule has 2 aromatic carbocycles. The van der Waals surface area contributed by atoms with Gasteiger partial charge < -0.3 is 10.0 Å². The molecule has 0 aromatic heterocycles. The number of sulfonamides is 2. The van der Waals surface area contributed by atoms with Crippen molar-refractivity contribution in [2.45, 2.75) is 61.7 Å². The van der Waals surface area contributed by atoms with Gasteiger partial charge in [0, 0.05) is 42.0 Å². The molecule has 1 saturated carbocycles. The summed E-state index contributed by atoms with van der Waals surface area (Å²) in [6.07, 6.45) is 8.52. The van der Waals surface area contributed by atoms with E-state index in [2.05, 4.69) is 4.72 Å². The maximum absolute atomic E-state index is 13.8. The Bertz CT molecular complexity index is 1430. The summed E-state index contributed by atoms with van der Waals surface area (Å²) in [5, 5.41) is 10.4. The Kier molecular flexibility index (Phi) is 6.74. The number of nitrogens with zero attached hydrogens (tertiary/aromatic N) is 2. The lowest BCUT2D eigenvalue weighted by Gasteiger charge is -2.34. The number of hydrogen-bond donors (Lipinski definition) is 2. The lowest BCUT2D eigenvalue weighted by molar-refractivity contribution is 0.0982. The number of anilines is 2. The second-order valence-corrected chi connectivity index (χ2v) is 14.1. The highest BCUT2D eigenvalue weighted by molar-refractivity contribution is 7.92. The van der Waals surface area contributed by atoms with Crippen LogP contribution in [-0.4, -0.2) is 58.0 Å². The number of phenolic OH excluding ortho intramolecular Hbond substituents is 1. The number of hydrogen-bond acceptors (Lipinski definition) is 6. The zero-order valence-electron chi connectivity index (χ0n) is 20.9. The monoisotopic (exact) mass is 547 g/mol. The molecule has 2 aliphatic heterocycles. The van der Waals surface area contributed by atoms with Crippen molar-refractivity contribution in [3.8, 4) is 5.75 Å². The van der Waals surface area contributed by atoms with Gasteiger partial charge in [-0.25, -0.2) is 16.8 Å². The van der Waals surface area contributed by atoms with Gasteiger partial charge in [0.25, 0.3) is 5.91 Å². The number of rotatable bonds is 5. The summed E-state index contributed by atoms with van der Waals surface area (Å²) >= 11 is 0. The zero-order valence-corrected chi connectivity index (χ0v) is 22.6. The van der Waals surface area contributed by atoms with Crippen molar-refractivity contribution in [1.29, 1.82) is 0 Å². The molecule has 0 unspecified atom stereocenters. The molecule has 11 heteroatoms. The van der Waals surface area contributed by atoms with E-state index in [0.717, 1.165) is 63.2 Å². The van der Waals surface area contributed by atoms with Crippen LogP contribution in [0.15, 0.2) is 41.3 Å². The molecule has 9 nitrogen and oxygen atoms in total. The number of carbonyl (C=O) groups excluding carboxylic acids is 1. The van der Waals surface area contributed by atoms with Gasteiger partial charge in [-0.1, -0.05) is 25.7 Å². The van der Waals surface area contributed by atoms with Gasteiger partial charge in [0.2, 0.25) is 20.0 Å². The Labute approximate surface area is 218 Å². The number of piperidine rings is 1. The molecule has 200 valence electrons. The lowest BCUT2D eigenvalue weighted by Crippen LogP contribution is -2.38. The minimum Gasteiger partial charge on any atom is -0.507 e. The second-order valence-electron chi connectivity index (χ2n) is 10.5. The van der Waals surface area contributed by atoms with Gasteiger partial charge in [0.1, 0.15) is 10.6 Å². The van der Waals surface area contributed by atoms with Crippen molar-refractivity contribution in [2.24, 2.45) is 0 Å². The third-order valence-electron chi connectivity index (χ3n) is 7.82. The fourth-order valence-electron chi connectivity index (χ4n) is 6.04. The fraction of sp³-hybridized carbons (Fsp3) is 0.500. The van der Waals surface area contributed by atoms with Crippen LogP contribution >= 0.6 is 0 Å². The maximum Gasteiger partial charge on any atom is 0.258 e. The Balaban J connectivity index is 1.52. The van der Waals surface area contributed by atoms with Crippen LogP contribution in [0, 0.1) is 0 Å². The fourth-order valence-corrected chi connectivity index (χ4v) is 8.22. The van der Waals surface area contributed by atoms with Gasteiger partial charge >= 0.3 is 0 Å². The standard InChI is InChI=1S/C26H33N3O6S2/c1-36(32,33)27-20-9-10-22-21(17-20)26(12-4-2-5-13-26)18-29(22)25(31)19-8-11-23(30)24(16-19)37(34,35)28-14-6-3-7-15-28/h8-11,16-17,27,30H,2-7,12-15,18H2,1H3. The van der Waals surface area contributed by atoms with Crippen molar-refractivity contribution in [2.75, 3.05) is 35.5 Å². The van der Waals surface area contributed by atoms with E-state index in [9.17, 15) is 26.7 Å². The highest BCUT2D eigenvalue weighted by Crippen LogP contribution is 2.50. The Morgan fingerprint density at radius 3 is 2.27 bits per heavy atom. The Hall–Kier alpha value is -2.63. The van der Waals surface area contributed by atoms with Gasteiger partial charge in [-0.05, 0) is 67.6 Å². The molecule has 1 spiro atoms. The van der Waals surface area contributed by atoms with Crippen molar-refractivity contribution in [1.82, 2.24) is 4.31 Å². The molecule has 2 fully saturated rings. The summed E-state index contributed by atoms with van der Waals surface area (Å²) < 4.78 is 54.1. The normalized spacial score (nSPS) is 20.1. The molecular formula is C26H33N3O6S2. The molecule has 1 aliphatic carbocycles. The topological polar surface area (TPSA) is 124 Å². The number of amides is 1. The first-order valence-corrected chi connectivity index (χ1v) is 16.1. The smallest absolute Gasteiger partial charge is 0.258 e. The van der Waals surface area contributed by atoms with Gasteiger partial charge in [-0.2, -0.15) is 4.31 Å². The first-order chi connectivity index (χ1) is 17.5. The Morgan fingerprint density at radius 1 is 0.919 bits per heavy atom. The minimum absolute atomic E-state index is 0.186. The molecule has 0 atom stereocenters. The van der Waals surface area contributed by atoms with Crippen molar-refractivity contribution in [3.63, 3.8) is 0 Å². The summed E-state index contributed by atoms with van der Waals surface area (Å²) in [7, 11) is -7.39. The van der Waals surface area contributed by atoms with Crippen LogP contribution in [-0.2, 0) is 25.5 Å². The van der Waals surface area contributed by atoms with E-state index < -0.39 is 20.0 Å². The van der Waals surface area contributed by atoms with E-state index >= 15 is 0 Å². The van der Waals surface area contributed by atoms with E-state index in [1.165, 1.54) is 22.5 Å². The van der Waals surface area contributed by atoms with Crippen LogP contribution in [0.25, 0.3) is 0 Å². The number of fused-ring (bicyclic) bond motifs is 2. The number of phenols is 1. The van der Waals surface area contributed by atoms with E-state index in [1.54, 1.807) is 17.0 Å². The van der Waals surface area contributed by atoms with Gasteiger partial charge in [0.05, 0.1) is 6.26 Å². The summed E-state index contributed by atoms with van der Waals surface area (Å²) in [5.74, 6) is -0.716. The molecule has 0 radical (unpaired) electrons. The summed E-state index contributed by atoms with van der Waals surface area (Å²) in [6, 6.07) is 9.25.